The highest BCUT2D eigenvalue weighted by molar-refractivity contribution is 6.13. The van der Waals surface area contributed by atoms with Crippen LogP contribution in [0.25, 0.3) is 99.5 Å². The lowest BCUT2D eigenvalue weighted by Crippen LogP contribution is -1.93. The lowest BCUT2D eigenvalue weighted by atomic mass is 9.89. The van der Waals surface area contributed by atoms with Gasteiger partial charge in [0.2, 0.25) is 0 Å². The highest BCUT2D eigenvalue weighted by Gasteiger charge is 2.18. The molecule has 0 aliphatic carbocycles. The second-order valence-electron chi connectivity index (χ2n) is 14.5. The number of hydrogen-bond acceptors (Lipinski definition) is 0. The predicted molar refractivity (Wildman–Crippen MR) is 237 cm³/mol. The smallest absolute Gasteiger partial charge is 0.0541 e. The number of hydrogen-bond donors (Lipinski definition) is 0. The molecule has 0 N–H and O–H groups in total. The second kappa shape index (κ2) is 13.2. The Morgan fingerprint density at radius 1 is 0.214 bits per heavy atom. The molecule has 11 aromatic rings. The van der Waals surface area contributed by atoms with Crippen molar-refractivity contribution in [3.8, 4) is 55.9 Å². The monoisotopic (exact) mass is 712 g/mol. The SMILES string of the molecule is c1ccc(-c2ccccc2-c2ccccc2-c2ccc3c(c2)c2cc(-c4ccc5c(c4)c4ccccc4n5-c4ccccc4)ccc2n3-c2ccccc2)cc1. The molecule has 0 spiro atoms. The summed E-state index contributed by atoms with van der Waals surface area (Å²) in [6, 6.07) is 79.4. The van der Waals surface area contributed by atoms with Crippen LogP contribution in [0.4, 0.5) is 0 Å². The maximum atomic E-state index is 2.41. The van der Waals surface area contributed by atoms with Crippen LogP contribution in [-0.4, -0.2) is 9.13 Å². The van der Waals surface area contributed by atoms with Gasteiger partial charge >= 0.3 is 0 Å². The van der Waals surface area contributed by atoms with E-state index in [0.717, 1.165) is 5.69 Å². The first-order valence-corrected chi connectivity index (χ1v) is 19.3. The Bertz CT molecular complexity index is 3220. The van der Waals surface area contributed by atoms with Crippen LogP contribution in [0.2, 0.25) is 0 Å². The van der Waals surface area contributed by atoms with Gasteiger partial charge in [-0.25, -0.2) is 0 Å². The molecule has 2 heterocycles. The van der Waals surface area contributed by atoms with Crippen molar-refractivity contribution in [2.24, 2.45) is 0 Å². The van der Waals surface area contributed by atoms with Gasteiger partial charge in [-0.15, -0.1) is 0 Å². The Hall–Kier alpha value is -7.42. The number of nitrogens with zero attached hydrogens (tertiary/aromatic N) is 2. The van der Waals surface area contributed by atoms with Gasteiger partial charge in [0.05, 0.1) is 22.1 Å². The molecule has 0 fully saturated rings. The van der Waals surface area contributed by atoms with E-state index in [1.165, 1.54) is 93.8 Å². The summed E-state index contributed by atoms with van der Waals surface area (Å²) < 4.78 is 4.79. The molecule has 262 valence electrons. The molecule has 0 unspecified atom stereocenters. The number of rotatable bonds is 6. The Morgan fingerprint density at radius 3 is 1.11 bits per heavy atom. The molecule has 9 aromatic carbocycles. The van der Waals surface area contributed by atoms with Gasteiger partial charge in [-0.05, 0) is 111 Å². The van der Waals surface area contributed by atoms with E-state index in [4.69, 9.17) is 0 Å². The highest BCUT2D eigenvalue weighted by Crippen LogP contribution is 2.42. The average Bonchev–Trinajstić information content (AvgIpc) is 3.79. The predicted octanol–water partition coefficient (Wildman–Crippen LogP) is 14.5. The Labute approximate surface area is 325 Å². The lowest BCUT2D eigenvalue weighted by Gasteiger charge is -2.15. The minimum absolute atomic E-state index is 1.15. The molecule has 0 amide bonds. The average molecular weight is 713 g/mol. The summed E-state index contributed by atoms with van der Waals surface area (Å²) in [4.78, 5) is 0. The van der Waals surface area contributed by atoms with E-state index in [1.807, 2.05) is 0 Å². The molecule has 56 heavy (non-hydrogen) atoms. The summed E-state index contributed by atoms with van der Waals surface area (Å²) in [5, 5.41) is 4.98. The molecule has 2 heteroatoms. The summed E-state index contributed by atoms with van der Waals surface area (Å²) in [6.07, 6.45) is 0. The van der Waals surface area contributed by atoms with Crippen LogP contribution in [0.3, 0.4) is 0 Å². The molecule has 0 aliphatic rings. The van der Waals surface area contributed by atoms with Crippen molar-refractivity contribution in [2.45, 2.75) is 0 Å². The highest BCUT2D eigenvalue weighted by atomic mass is 15.0. The van der Waals surface area contributed by atoms with E-state index in [0.29, 0.717) is 0 Å². The van der Waals surface area contributed by atoms with Gasteiger partial charge in [-0.1, -0.05) is 152 Å². The quantitative estimate of drug-likeness (QED) is 0.162. The van der Waals surface area contributed by atoms with Crippen LogP contribution >= 0.6 is 0 Å². The Morgan fingerprint density at radius 2 is 0.571 bits per heavy atom. The van der Waals surface area contributed by atoms with Gasteiger partial charge in [0.25, 0.3) is 0 Å². The summed E-state index contributed by atoms with van der Waals surface area (Å²) in [5.41, 5.74) is 16.8. The Balaban J connectivity index is 1.11. The normalized spacial score (nSPS) is 11.6. The van der Waals surface area contributed by atoms with Crippen molar-refractivity contribution in [3.05, 3.63) is 218 Å². The molecule has 0 saturated carbocycles. The van der Waals surface area contributed by atoms with E-state index in [9.17, 15) is 0 Å². The molecule has 0 bridgehead atoms. The van der Waals surface area contributed by atoms with Crippen molar-refractivity contribution in [2.75, 3.05) is 0 Å². The molecule has 0 radical (unpaired) electrons. The standard InChI is InChI=1S/C54H36N2/c1-4-16-37(17-5-1)43-22-10-12-24-45(43)46-25-13-11-23-44(46)40-30-33-54-50(36-40)49-35-39(29-32-53(49)56(54)42-20-8-3-9-21-42)38-28-31-52-48(34-38)47-26-14-15-27-51(47)55(52)41-18-6-2-7-19-41/h1-36H. The molecule has 11 rings (SSSR count). The lowest BCUT2D eigenvalue weighted by molar-refractivity contribution is 1.18. The third kappa shape index (κ3) is 5.19. The summed E-state index contributed by atoms with van der Waals surface area (Å²) in [6.45, 7) is 0. The first kappa shape index (κ1) is 32.0. The molecule has 0 atom stereocenters. The number of para-hydroxylation sites is 3. The number of benzene rings is 9. The largest absolute Gasteiger partial charge is 0.309 e. The van der Waals surface area contributed by atoms with Crippen molar-refractivity contribution in [3.63, 3.8) is 0 Å². The van der Waals surface area contributed by atoms with Gasteiger partial charge in [-0.2, -0.15) is 0 Å². The zero-order valence-electron chi connectivity index (χ0n) is 30.7. The molecular formula is C54H36N2. The minimum Gasteiger partial charge on any atom is -0.309 e. The van der Waals surface area contributed by atoms with E-state index in [-0.39, 0.29) is 0 Å². The fraction of sp³-hybridized carbons (Fsp3) is 0. The van der Waals surface area contributed by atoms with Crippen molar-refractivity contribution < 1.29 is 0 Å². The first-order chi connectivity index (χ1) is 27.8. The zero-order chi connectivity index (χ0) is 37.0. The number of fused-ring (bicyclic) bond motifs is 6. The second-order valence-corrected chi connectivity index (χ2v) is 14.5. The van der Waals surface area contributed by atoms with Gasteiger partial charge in [-0.3, -0.25) is 0 Å². The fourth-order valence-electron chi connectivity index (χ4n) is 8.79. The third-order valence-electron chi connectivity index (χ3n) is 11.3. The van der Waals surface area contributed by atoms with Crippen LogP contribution in [0.1, 0.15) is 0 Å². The van der Waals surface area contributed by atoms with Crippen molar-refractivity contribution in [1.29, 1.82) is 0 Å². The van der Waals surface area contributed by atoms with E-state index >= 15 is 0 Å². The molecule has 0 saturated heterocycles. The zero-order valence-corrected chi connectivity index (χ0v) is 30.7. The summed E-state index contributed by atoms with van der Waals surface area (Å²) >= 11 is 0. The van der Waals surface area contributed by atoms with Gasteiger partial charge in [0.1, 0.15) is 0 Å². The van der Waals surface area contributed by atoms with Crippen LogP contribution in [0.15, 0.2) is 218 Å². The van der Waals surface area contributed by atoms with E-state index < -0.39 is 0 Å². The van der Waals surface area contributed by atoms with Crippen LogP contribution in [-0.2, 0) is 0 Å². The molecular weight excluding hydrogens is 677 g/mol. The van der Waals surface area contributed by atoms with Crippen LogP contribution < -0.4 is 0 Å². The maximum Gasteiger partial charge on any atom is 0.0541 e. The fourth-order valence-corrected chi connectivity index (χ4v) is 8.79. The summed E-state index contributed by atoms with van der Waals surface area (Å²) in [7, 11) is 0. The van der Waals surface area contributed by atoms with Crippen LogP contribution in [0.5, 0.6) is 0 Å². The van der Waals surface area contributed by atoms with Gasteiger partial charge in [0.15, 0.2) is 0 Å². The topological polar surface area (TPSA) is 9.86 Å². The molecule has 0 aliphatic heterocycles. The minimum atomic E-state index is 1.15. The van der Waals surface area contributed by atoms with E-state index in [1.54, 1.807) is 0 Å². The number of aromatic nitrogens is 2. The van der Waals surface area contributed by atoms with E-state index in [2.05, 4.69) is 228 Å². The summed E-state index contributed by atoms with van der Waals surface area (Å²) in [5.74, 6) is 0. The maximum absolute atomic E-state index is 2.41. The van der Waals surface area contributed by atoms with Crippen molar-refractivity contribution in [1.82, 2.24) is 9.13 Å². The first-order valence-electron chi connectivity index (χ1n) is 19.3. The van der Waals surface area contributed by atoms with Crippen LogP contribution in [0, 0.1) is 0 Å². The molecule has 2 aromatic heterocycles. The molecule has 2 nitrogen and oxygen atoms in total. The third-order valence-corrected chi connectivity index (χ3v) is 11.3. The van der Waals surface area contributed by atoms with Gasteiger partial charge < -0.3 is 9.13 Å². The van der Waals surface area contributed by atoms with Gasteiger partial charge in [0, 0.05) is 32.9 Å². The van der Waals surface area contributed by atoms with Crippen molar-refractivity contribution >= 4 is 43.6 Å². The Kier molecular flexibility index (Phi) is 7.53.